The summed E-state index contributed by atoms with van der Waals surface area (Å²) in [5, 5.41) is 5.37. The predicted molar refractivity (Wildman–Crippen MR) is 80.6 cm³/mol. The van der Waals surface area contributed by atoms with Crippen LogP contribution in [-0.4, -0.2) is 32.3 Å². The molecule has 1 aliphatic heterocycles. The Morgan fingerprint density at radius 1 is 1.15 bits per heavy atom. The first-order valence-electron chi connectivity index (χ1n) is 7.40. The van der Waals surface area contributed by atoms with Crippen LogP contribution in [0.5, 0.6) is 0 Å². The Morgan fingerprint density at radius 2 is 1.90 bits per heavy atom. The molecule has 1 fully saturated rings. The maximum Gasteiger partial charge on any atom is 0.163 e. The molecule has 3 heterocycles. The lowest BCUT2D eigenvalue weighted by molar-refractivity contribution is 0.176. The molecule has 0 bridgehead atoms. The van der Waals surface area contributed by atoms with E-state index in [2.05, 4.69) is 47.7 Å². The average Bonchev–Trinajstić information content (AvgIpc) is 2.70. The van der Waals surface area contributed by atoms with Crippen LogP contribution >= 0.6 is 0 Å². The van der Waals surface area contributed by atoms with Gasteiger partial charge in [-0.25, -0.2) is 9.97 Å². The number of anilines is 1. The molecule has 0 unspecified atom stereocenters. The molecule has 3 rings (SSSR count). The number of hydrogen-bond donors (Lipinski definition) is 0. The zero-order valence-electron chi connectivity index (χ0n) is 12.9. The maximum atomic E-state index is 4.53. The van der Waals surface area contributed by atoms with Crippen LogP contribution in [0.15, 0.2) is 12.5 Å². The predicted octanol–water partition coefficient (Wildman–Crippen LogP) is 2.48. The van der Waals surface area contributed by atoms with Crippen LogP contribution in [0.25, 0.3) is 11.0 Å². The minimum atomic E-state index is 0.563. The Labute approximate surface area is 120 Å². The molecular weight excluding hydrogens is 250 g/mol. The summed E-state index contributed by atoms with van der Waals surface area (Å²) in [7, 11) is 1.92. The first kappa shape index (κ1) is 13.3. The largest absolute Gasteiger partial charge is 0.352 e. The minimum absolute atomic E-state index is 0.563. The van der Waals surface area contributed by atoms with Crippen LogP contribution in [0.1, 0.15) is 27.7 Å². The van der Waals surface area contributed by atoms with Gasteiger partial charge in [-0.2, -0.15) is 5.10 Å². The number of aromatic nitrogens is 4. The van der Waals surface area contributed by atoms with Crippen molar-refractivity contribution < 1.29 is 0 Å². The summed E-state index contributed by atoms with van der Waals surface area (Å²) in [6, 6.07) is 0.563. The van der Waals surface area contributed by atoms with E-state index in [1.165, 1.54) is 0 Å². The molecular formula is C15H23N5. The van der Waals surface area contributed by atoms with E-state index >= 15 is 0 Å². The highest BCUT2D eigenvalue weighted by molar-refractivity contribution is 5.87. The van der Waals surface area contributed by atoms with E-state index in [1.54, 1.807) is 6.33 Å². The molecule has 0 radical (unpaired) electrons. The van der Waals surface area contributed by atoms with Gasteiger partial charge < -0.3 is 4.90 Å². The molecule has 2 aromatic rings. The summed E-state index contributed by atoms with van der Waals surface area (Å²) < 4.78 is 1.81. The highest BCUT2D eigenvalue weighted by Crippen LogP contribution is 2.40. The van der Waals surface area contributed by atoms with Crippen molar-refractivity contribution in [3.05, 3.63) is 12.5 Å². The molecule has 0 saturated carbocycles. The van der Waals surface area contributed by atoms with E-state index in [9.17, 15) is 0 Å². The fourth-order valence-electron chi connectivity index (χ4n) is 3.42. The lowest BCUT2D eigenvalue weighted by Crippen LogP contribution is -2.61. The van der Waals surface area contributed by atoms with Gasteiger partial charge in [-0.1, -0.05) is 27.7 Å². The van der Waals surface area contributed by atoms with Gasteiger partial charge in [0, 0.05) is 19.6 Å². The van der Waals surface area contributed by atoms with Crippen molar-refractivity contribution in [2.45, 2.75) is 33.7 Å². The Balaban J connectivity index is 2.00. The summed E-state index contributed by atoms with van der Waals surface area (Å²) in [6.45, 7) is 10.3. The van der Waals surface area contributed by atoms with Gasteiger partial charge in [0.15, 0.2) is 5.65 Å². The van der Waals surface area contributed by atoms with Gasteiger partial charge in [0.05, 0.1) is 11.6 Å². The van der Waals surface area contributed by atoms with Crippen molar-refractivity contribution in [3.63, 3.8) is 0 Å². The number of hydrogen-bond acceptors (Lipinski definition) is 4. The summed E-state index contributed by atoms with van der Waals surface area (Å²) in [6.07, 6.45) is 3.53. The normalized spacial score (nSPS) is 22.9. The van der Waals surface area contributed by atoms with Crippen molar-refractivity contribution in [3.8, 4) is 0 Å². The van der Waals surface area contributed by atoms with Crippen LogP contribution in [0, 0.1) is 17.8 Å². The van der Waals surface area contributed by atoms with Gasteiger partial charge in [-0.15, -0.1) is 0 Å². The van der Waals surface area contributed by atoms with Gasteiger partial charge in [0.1, 0.15) is 12.1 Å². The van der Waals surface area contributed by atoms with E-state index in [0.29, 0.717) is 17.9 Å². The van der Waals surface area contributed by atoms with E-state index < -0.39 is 0 Å². The molecule has 5 heteroatoms. The first-order chi connectivity index (χ1) is 9.50. The molecule has 2 aromatic heterocycles. The fraction of sp³-hybridized carbons (Fsp3) is 0.667. The number of fused-ring (bicyclic) bond motifs is 1. The van der Waals surface area contributed by atoms with Crippen molar-refractivity contribution in [2.24, 2.45) is 24.8 Å². The lowest BCUT2D eigenvalue weighted by atomic mass is 9.74. The third-order valence-corrected chi connectivity index (χ3v) is 4.53. The van der Waals surface area contributed by atoms with Crippen molar-refractivity contribution in [1.82, 2.24) is 19.7 Å². The molecule has 5 nitrogen and oxygen atoms in total. The summed E-state index contributed by atoms with van der Waals surface area (Å²) in [5.74, 6) is 3.12. The molecule has 20 heavy (non-hydrogen) atoms. The Bertz CT molecular complexity index is 616. The second-order valence-electron chi connectivity index (χ2n) is 6.50. The second kappa shape index (κ2) is 4.72. The standard InChI is InChI=1S/C15H23N5/c1-9(2)12-7-20(13(12)10(3)4)15-11-6-18-19(5)14(11)16-8-17-15/h6,8-10,12-13H,7H2,1-5H3/t12-,13-/m0/s1. The highest BCUT2D eigenvalue weighted by atomic mass is 15.3. The molecule has 0 amide bonds. The van der Waals surface area contributed by atoms with Gasteiger partial charge in [0.2, 0.25) is 0 Å². The summed E-state index contributed by atoms with van der Waals surface area (Å²) in [5.41, 5.74) is 0.908. The molecule has 0 aliphatic carbocycles. The third-order valence-electron chi connectivity index (χ3n) is 4.53. The zero-order chi connectivity index (χ0) is 14.4. The van der Waals surface area contributed by atoms with E-state index in [0.717, 1.165) is 29.3 Å². The van der Waals surface area contributed by atoms with Gasteiger partial charge in [-0.3, -0.25) is 4.68 Å². The van der Waals surface area contributed by atoms with Crippen molar-refractivity contribution in [2.75, 3.05) is 11.4 Å². The second-order valence-corrected chi connectivity index (χ2v) is 6.50. The topological polar surface area (TPSA) is 46.8 Å². The van der Waals surface area contributed by atoms with Crippen LogP contribution in [0.3, 0.4) is 0 Å². The SMILES string of the molecule is CC(C)[C@@H]1CN(c2ncnc3c2cnn3C)[C@H]1C(C)C. The Kier molecular flexibility index (Phi) is 3.15. The van der Waals surface area contributed by atoms with Crippen LogP contribution in [0.2, 0.25) is 0 Å². The van der Waals surface area contributed by atoms with Crippen LogP contribution in [0.4, 0.5) is 5.82 Å². The van der Waals surface area contributed by atoms with Crippen LogP contribution in [-0.2, 0) is 7.05 Å². The molecule has 2 atom stereocenters. The number of aryl methyl sites for hydroxylation is 1. The minimum Gasteiger partial charge on any atom is -0.352 e. The maximum absolute atomic E-state index is 4.53. The van der Waals surface area contributed by atoms with Crippen molar-refractivity contribution >= 4 is 16.9 Å². The summed E-state index contributed by atoms with van der Waals surface area (Å²) in [4.78, 5) is 11.3. The Hall–Kier alpha value is -1.65. The Morgan fingerprint density at radius 3 is 2.55 bits per heavy atom. The monoisotopic (exact) mass is 273 g/mol. The van der Waals surface area contributed by atoms with E-state index in [-0.39, 0.29) is 0 Å². The first-order valence-corrected chi connectivity index (χ1v) is 7.40. The number of rotatable bonds is 3. The van der Waals surface area contributed by atoms with Crippen molar-refractivity contribution in [1.29, 1.82) is 0 Å². The van der Waals surface area contributed by atoms with Gasteiger partial charge in [-0.05, 0) is 17.8 Å². The molecule has 0 N–H and O–H groups in total. The van der Waals surface area contributed by atoms with Gasteiger partial charge >= 0.3 is 0 Å². The lowest BCUT2D eigenvalue weighted by Gasteiger charge is -2.53. The molecule has 108 valence electrons. The van der Waals surface area contributed by atoms with E-state index in [4.69, 9.17) is 0 Å². The van der Waals surface area contributed by atoms with Crippen LogP contribution < -0.4 is 4.90 Å². The van der Waals surface area contributed by atoms with E-state index in [1.807, 2.05) is 17.9 Å². The highest BCUT2D eigenvalue weighted by Gasteiger charge is 2.43. The average molecular weight is 273 g/mol. The molecule has 1 saturated heterocycles. The molecule has 0 spiro atoms. The summed E-state index contributed by atoms with van der Waals surface area (Å²) >= 11 is 0. The van der Waals surface area contributed by atoms with Gasteiger partial charge in [0.25, 0.3) is 0 Å². The molecule has 0 aromatic carbocycles. The fourth-order valence-corrected chi connectivity index (χ4v) is 3.42. The molecule has 1 aliphatic rings. The zero-order valence-corrected chi connectivity index (χ0v) is 12.9. The smallest absolute Gasteiger partial charge is 0.163 e. The third kappa shape index (κ3) is 1.87. The quantitative estimate of drug-likeness (QED) is 0.862. The number of nitrogens with zero attached hydrogens (tertiary/aromatic N) is 5.